The van der Waals surface area contributed by atoms with Gasteiger partial charge in [0.1, 0.15) is 5.78 Å². The molecule has 3 saturated carbocycles. The molecule has 2 heteroatoms. The van der Waals surface area contributed by atoms with Gasteiger partial charge in [-0.25, -0.2) is 0 Å². The van der Waals surface area contributed by atoms with Crippen molar-refractivity contribution >= 4 is 5.78 Å². The van der Waals surface area contributed by atoms with Gasteiger partial charge in [-0.3, -0.25) is 4.79 Å². The number of aliphatic hydroxyl groups excluding tert-OH is 1. The maximum absolute atomic E-state index is 12.1. The predicted molar refractivity (Wildman–Crippen MR) is 91.8 cm³/mol. The second-order valence-electron chi connectivity index (χ2n) is 9.52. The minimum Gasteiger partial charge on any atom is -0.393 e. The first-order chi connectivity index (χ1) is 10.9. The van der Waals surface area contributed by atoms with Crippen molar-refractivity contribution < 1.29 is 9.90 Å². The van der Waals surface area contributed by atoms with Crippen LogP contribution in [0.1, 0.15) is 65.7 Å². The van der Waals surface area contributed by atoms with Gasteiger partial charge >= 0.3 is 0 Å². The molecule has 0 bridgehead atoms. The van der Waals surface area contributed by atoms with Crippen LogP contribution in [0.25, 0.3) is 0 Å². The molecule has 0 unspecified atom stereocenters. The predicted octanol–water partition coefficient (Wildman–Crippen LogP) is 4.37. The molecule has 3 fully saturated rings. The fraction of sp³-hybridized carbons (Fsp3) is 0.857. The molecule has 128 valence electrons. The molecule has 1 N–H and O–H groups in total. The van der Waals surface area contributed by atoms with Crippen molar-refractivity contribution in [1.82, 2.24) is 0 Å². The minimum absolute atomic E-state index is 0.0630. The standard InChI is InChI=1S/C21H32O2/c1-13(22)17-6-7-18-16-5-4-14-12-15(23)8-10-20(14,2)19(16)9-11-21(17,18)3/h6-7,14-19,23H,4-5,8-12H2,1-3H3/t14-,15-,16+,17-,18+,19+,20-,21+/m1/s1. The molecule has 0 amide bonds. The van der Waals surface area contributed by atoms with Gasteiger partial charge in [0.15, 0.2) is 0 Å². The number of carbonyl (C=O) groups is 1. The molecule has 0 heterocycles. The Hall–Kier alpha value is -0.630. The smallest absolute Gasteiger partial charge is 0.137 e. The molecule has 4 aliphatic carbocycles. The van der Waals surface area contributed by atoms with Crippen LogP contribution in [-0.2, 0) is 4.79 Å². The minimum atomic E-state index is -0.0630. The van der Waals surface area contributed by atoms with Crippen molar-refractivity contribution in [2.45, 2.75) is 71.8 Å². The van der Waals surface area contributed by atoms with Crippen molar-refractivity contribution in [2.75, 3.05) is 0 Å². The topological polar surface area (TPSA) is 37.3 Å². The first-order valence-corrected chi connectivity index (χ1v) is 9.73. The highest BCUT2D eigenvalue weighted by atomic mass is 16.3. The van der Waals surface area contributed by atoms with Crippen molar-refractivity contribution in [3.05, 3.63) is 12.2 Å². The maximum Gasteiger partial charge on any atom is 0.137 e. The summed E-state index contributed by atoms with van der Waals surface area (Å²) < 4.78 is 0. The van der Waals surface area contributed by atoms with Crippen LogP contribution >= 0.6 is 0 Å². The number of hydrogen-bond acceptors (Lipinski definition) is 2. The van der Waals surface area contributed by atoms with Gasteiger partial charge in [-0.15, -0.1) is 0 Å². The number of carbonyl (C=O) groups excluding carboxylic acids is 1. The molecule has 0 radical (unpaired) electrons. The summed E-state index contributed by atoms with van der Waals surface area (Å²) in [4.78, 5) is 12.1. The van der Waals surface area contributed by atoms with E-state index in [0.29, 0.717) is 23.0 Å². The van der Waals surface area contributed by atoms with Gasteiger partial charge in [-0.2, -0.15) is 0 Å². The number of fused-ring (bicyclic) bond motifs is 5. The molecular formula is C21H32O2. The molecule has 0 saturated heterocycles. The zero-order chi connectivity index (χ0) is 16.4. The summed E-state index contributed by atoms with van der Waals surface area (Å²) in [5.74, 6) is 3.36. The summed E-state index contributed by atoms with van der Waals surface area (Å²) in [6.45, 7) is 6.67. The van der Waals surface area contributed by atoms with Gasteiger partial charge in [0.25, 0.3) is 0 Å². The second-order valence-corrected chi connectivity index (χ2v) is 9.52. The van der Waals surface area contributed by atoms with Gasteiger partial charge in [0.2, 0.25) is 0 Å². The fourth-order valence-electron chi connectivity index (χ4n) is 7.29. The van der Waals surface area contributed by atoms with E-state index in [-0.39, 0.29) is 17.4 Å². The summed E-state index contributed by atoms with van der Waals surface area (Å²) in [7, 11) is 0. The van der Waals surface area contributed by atoms with E-state index in [9.17, 15) is 9.90 Å². The third kappa shape index (κ3) is 2.13. The van der Waals surface area contributed by atoms with Crippen molar-refractivity contribution in [1.29, 1.82) is 0 Å². The molecule has 0 spiro atoms. The number of Topliss-reactive ketones (excluding diaryl/α,β-unsaturated/α-hetero) is 1. The van der Waals surface area contributed by atoms with Crippen LogP contribution in [0.5, 0.6) is 0 Å². The normalized spacial score (nSPS) is 55.0. The summed E-state index contributed by atoms with van der Waals surface area (Å²) >= 11 is 0. The Morgan fingerprint density at radius 1 is 1.04 bits per heavy atom. The molecular weight excluding hydrogens is 284 g/mol. The molecule has 2 nitrogen and oxygen atoms in total. The van der Waals surface area contributed by atoms with Crippen LogP contribution in [0.4, 0.5) is 0 Å². The number of ketones is 1. The Bertz CT molecular complexity index is 538. The SMILES string of the molecule is CC(=O)[C@H]1C=C[C@H]2[C@@H]3CC[C@@H]4C[C@H](O)CC[C@@]4(C)[C@H]3CC[C@@]12C. The summed E-state index contributed by atoms with van der Waals surface area (Å²) in [5.41, 5.74) is 0.593. The summed E-state index contributed by atoms with van der Waals surface area (Å²) in [6.07, 6.45) is 12.8. The third-order valence-corrected chi connectivity index (χ3v) is 8.59. The first kappa shape index (κ1) is 15.9. The average molecular weight is 316 g/mol. The largest absolute Gasteiger partial charge is 0.393 e. The lowest BCUT2D eigenvalue weighted by atomic mass is 9.44. The van der Waals surface area contributed by atoms with E-state index in [4.69, 9.17) is 0 Å². The summed E-state index contributed by atoms with van der Waals surface area (Å²) in [6, 6.07) is 0. The number of allylic oxidation sites excluding steroid dienone is 2. The average Bonchev–Trinajstić information content (AvgIpc) is 2.85. The van der Waals surface area contributed by atoms with Crippen molar-refractivity contribution in [2.24, 2.45) is 40.4 Å². The van der Waals surface area contributed by atoms with E-state index in [2.05, 4.69) is 26.0 Å². The lowest BCUT2D eigenvalue weighted by Crippen LogP contribution is -2.54. The number of rotatable bonds is 1. The molecule has 23 heavy (non-hydrogen) atoms. The molecule has 0 aromatic carbocycles. The summed E-state index contributed by atoms with van der Waals surface area (Å²) in [5, 5.41) is 10.1. The molecule has 4 rings (SSSR count). The Balaban J connectivity index is 1.63. The molecule has 4 aliphatic rings. The quantitative estimate of drug-likeness (QED) is 0.729. The molecule has 8 atom stereocenters. The maximum atomic E-state index is 12.1. The Morgan fingerprint density at radius 3 is 2.52 bits per heavy atom. The van der Waals surface area contributed by atoms with Crippen LogP contribution < -0.4 is 0 Å². The highest BCUT2D eigenvalue weighted by Gasteiger charge is 2.59. The Kier molecular flexibility index (Phi) is 3.58. The van der Waals surface area contributed by atoms with Crippen molar-refractivity contribution in [3.63, 3.8) is 0 Å². The van der Waals surface area contributed by atoms with Gasteiger partial charge in [0, 0.05) is 5.92 Å². The zero-order valence-electron chi connectivity index (χ0n) is 14.9. The second kappa shape index (κ2) is 5.18. The van der Waals surface area contributed by atoms with Gasteiger partial charge < -0.3 is 5.11 Å². The van der Waals surface area contributed by atoms with E-state index >= 15 is 0 Å². The third-order valence-electron chi connectivity index (χ3n) is 8.59. The molecule has 0 aromatic rings. The van der Waals surface area contributed by atoms with E-state index in [1.807, 2.05) is 0 Å². The number of hydrogen-bond donors (Lipinski definition) is 1. The van der Waals surface area contributed by atoms with Gasteiger partial charge in [-0.1, -0.05) is 26.0 Å². The van der Waals surface area contributed by atoms with E-state index in [1.54, 1.807) is 6.92 Å². The Labute approximate surface area is 140 Å². The monoisotopic (exact) mass is 316 g/mol. The van der Waals surface area contributed by atoms with E-state index in [1.165, 1.54) is 32.1 Å². The Morgan fingerprint density at radius 2 is 1.78 bits per heavy atom. The van der Waals surface area contributed by atoms with Crippen LogP contribution in [0.15, 0.2) is 12.2 Å². The van der Waals surface area contributed by atoms with Crippen LogP contribution in [0, 0.1) is 40.4 Å². The molecule has 0 aliphatic heterocycles. The lowest BCUT2D eigenvalue weighted by molar-refractivity contribution is -0.135. The molecule has 0 aromatic heterocycles. The van der Waals surface area contributed by atoms with Crippen LogP contribution in [0.2, 0.25) is 0 Å². The van der Waals surface area contributed by atoms with E-state index in [0.717, 1.165) is 24.7 Å². The van der Waals surface area contributed by atoms with E-state index < -0.39 is 0 Å². The highest BCUT2D eigenvalue weighted by Crippen LogP contribution is 2.65. The number of aliphatic hydroxyl groups is 1. The fourth-order valence-corrected chi connectivity index (χ4v) is 7.29. The lowest BCUT2D eigenvalue weighted by Gasteiger charge is -2.60. The van der Waals surface area contributed by atoms with Crippen molar-refractivity contribution in [3.8, 4) is 0 Å². The first-order valence-electron chi connectivity index (χ1n) is 9.73. The van der Waals surface area contributed by atoms with Gasteiger partial charge in [-0.05, 0) is 86.4 Å². The van der Waals surface area contributed by atoms with Gasteiger partial charge in [0.05, 0.1) is 6.10 Å². The zero-order valence-corrected chi connectivity index (χ0v) is 14.9. The van der Waals surface area contributed by atoms with Crippen LogP contribution in [0.3, 0.4) is 0 Å². The van der Waals surface area contributed by atoms with Crippen LogP contribution in [-0.4, -0.2) is 17.0 Å². The highest BCUT2D eigenvalue weighted by molar-refractivity contribution is 5.81.